The van der Waals surface area contributed by atoms with E-state index in [9.17, 15) is 5.26 Å². The molecule has 0 atom stereocenters. The van der Waals surface area contributed by atoms with Crippen LogP contribution in [0.3, 0.4) is 0 Å². The summed E-state index contributed by atoms with van der Waals surface area (Å²) < 4.78 is 4.57. The lowest BCUT2D eigenvalue weighted by atomic mass is 9.89. The van der Waals surface area contributed by atoms with Crippen LogP contribution in [0.5, 0.6) is 0 Å². The number of hydrogen-bond donors (Lipinski definition) is 1. The van der Waals surface area contributed by atoms with Crippen LogP contribution < -0.4 is 0 Å². The Kier molecular flexibility index (Phi) is 3.83. The quantitative estimate of drug-likeness (QED) is 0.722. The monoisotopic (exact) mass is 337 g/mol. The SMILES string of the molecule is CCSN1CC(CC#N)(n2ccc(-c3ccnc4[nH]ccc34)c2)C1. The molecule has 0 saturated carbocycles. The maximum absolute atomic E-state index is 9.28. The van der Waals surface area contributed by atoms with Crippen LogP contribution in [0.25, 0.3) is 22.2 Å². The minimum Gasteiger partial charge on any atom is -0.346 e. The van der Waals surface area contributed by atoms with Crippen molar-refractivity contribution in [2.24, 2.45) is 0 Å². The van der Waals surface area contributed by atoms with Crippen LogP contribution in [0.1, 0.15) is 13.3 Å². The third-order valence-corrected chi connectivity index (χ3v) is 5.55. The first-order valence-corrected chi connectivity index (χ1v) is 9.06. The van der Waals surface area contributed by atoms with Crippen LogP contribution in [-0.4, -0.2) is 37.7 Å². The molecule has 0 spiro atoms. The molecule has 4 heterocycles. The van der Waals surface area contributed by atoms with Crippen molar-refractivity contribution in [2.75, 3.05) is 18.8 Å². The van der Waals surface area contributed by atoms with Gasteiger partial charge in [0, 0.05) is 54.6 Å². The van der Waals surface area contributed by atoms with Crippen LogP contribution in [0.15, 0.2) is 43.0 Å². The molecule has 0 aromatic carbocycles. The van der Waals surface area contributed by atoms with E-state index < -0.39 is 0 Å². The molecule has 1 saturated heterocycles. The molecule has 0 unspecified atom stereocenters. The number of aromatic nitrogens is 3. The molecule has 0 amide bonds. The van der Waals surface area contributed by atoms with Crippen LogP contribution in [0, 0.1) is 11.3 Å². The van der Waals surface area contributed by atoms with E-state index in [1.54, 1.807) is 0 Å². The Balaban J connectivity index is 1.67. The minimum absolute atomic E-state index is 0.0978. The minimum atomic E-state index is -0.0978. The van der Waals surface area contributed by atoms with Gasteiger partial charge in [0.2, 0.25) is 0 Å². The fourth-order valence-corrected chi connectivity index (χ4v) is 4.49. The summed E-state index contributed by atoms with van der Waals surface area (Å²) in [6.45, 7) is 4.00. The number of H-pyrrole nitrogens is 1. The summed E-state index contributed by atoms with van der Waals surface area (Å²) in [5, 5.41) is 10.4. The van der Waals surface area contributed by atoms with Gasteiger partial charge < -0.3 is 9.55 Å². The molecule has 1 aliphatic rings. The second-order valence-corrected chi connectivity index (χ2v) is 7.53. The zero-order chi connectivity index (χ0) is 16.6. The molecule has 0 bridgehead atoms. The van der Waals surface area contributed by atoms with E-state index in [0.29, 0.717) is 6.42 Å². The Morgan fingerprint density at radius 3 is 3.04 bits per heavy atom. The van der Waals surface area contributed by atoms with Crippen molar-refractivity contribution >= 4 is 23.0 Å². The summed E-state index contributed by atoms with van der Waals surface area (Å²) in [7, 11) is 0. The Labute approximate surface area is 145 Å². The predicted octanol–water partition coefficient (Wildman–Crippen LogP) is 3.62. The molecule has 6 heteroatoms. The Morgan fingerprint density at radius 2 is 2.25 bits per heavy atom. The molecule has 0 aliphatic carbocycles. The van der Waals surface area contributed by atoms with Crippen molar-refractivity contribution in [2.45, 2.75) is 18.9 Å². The highest BCUT2D eigenvalue weighted by atomic mass is 32.2. The summed E-state index contributed by atoms with van der Waals surface area (Å²) in [6.07, 6.45) is 8.57. The van der Waals surface area contributed by atoms with E-state index in [0.717, 1.165) is 29.9 Å². The van der Waals surface area contributed by atoms with Gasteiger partial charge in [0.05, 0.1) is 18.0 Å². The topological polar surface area (TPSA) is 60.6 Å². The second-order valence-electron chi connectivity index (χ2n) is 6.18. The molecule has 1 aliphatic heterocycles. The zero-order valence-electron chi connectivity index (χ0n) is 13.6. The van der Waals surface area contributed by atoms with Crippen molar-refractivity contribution in [3.05, 3.63) is 43.0 Å². The normalized spacial score (nSPS) is 16.8. The summed E-state index contributed by atoms with van der Waals surface area (Å²) >= 11 is 1.85. The summed E-state index contributed by atoms with van der Waals surface area (Å²) in [4.78, 5) is 7.51. The molecule has 1 fully saturated rings. The molecule has 3 aromatic rings. The van der Waals surface area contributed by atoms with Crippen molar-refractivity contribution < 1.29 is 0 Å². The summed E-state index contributed by atoms with van der Waals surface area (Å²) in [5.74, 6) is 1.07. The average Bonchev–Trinajstić information content (AvgIpc) is 3.21. The second kappa shape index (κ2) is 6.00. The third kappa shape index (κ3) is 2.41. The van der Waals surface area contributed by atoms with Crippen molar-refractivity contribution in [1.82, 2.24) is 18.8 Å². The van der Waals surface area contributed by atoms with Gasteiger partial charge in [0.25, 0.3) is 0 Å². The summed E-state index contributed by atoms with van der Waals surface area (Å²) in [6, 6.07) is 8.62. The third-order valence-electron chi connectivity index (χ3n) is 4.67. The van der Waals surface area contributed by atoms with E-state index in [2.05, 4.69) is 56.4 Å². The van der Waals surface area contributed by atoms with Gasteiger partial charge in [-0.3, -0.25) is 0 Å². The first kappa shape index (κ1) is 15.3. The Bertz CT molecular complexity index is 897. The van der Waals surface area contributed by atoms with Crippen LogP contribution >= 0.6 is 11.9 Å². The number of hydrogen-bond acceptors (Lipinski definition) is 4. The molecule has 0 radical (unpaired) electrons. The van der Waals surface area contributed by atoms with Gasteiger partial charge in [-0.05, 0) is 23.8 Å². The number of aromatic amines is 1. The van der Waals surface area contributed by atoms with Gasteiger partial charge in [0.1, 0.15) is 5.65 Å². The van der Waals surface area contributed by atoms with Crippen molar-refractivity contribution in [1.29, 1.82) is 5.26 Å². The van der Waals surface area contributed by atoms with Crippen molar-refractivity contribution in [3.8, 4) is 17.2 Å². The van der Waals surface area contributed by atoms with Crippen LogP contribution in [-0.2, 0) is 5.54 Å². The number of nitriles is 1. The van der Waals surface area contributed by atoms with Crippen molar-refractivity contribution in [3.63, 3.8) is 0 Å². The summed E-state index contributed by atoms with van der Waals surface area (Å²) in [5.41, 5.74) is 3.15. The van der Waals surface area contributed by atoms with E-state index in [1.807, 2.05) is 30.4 Å². The lowest BCUT2D eigenvalue weighted by molar-refractivity contribution is 0.0953. The number of fused-ring (bicyclic) bond motifs is 1. The average molecular weight is 337 g/mol. The number of nitrogens with one attached hydrogen (secondary N) is 1. The van der Waals surface area contributed by atoms with Crippen LogP contribution in [0.4, 0.5) is 0 Å². The fraction of sp³-hybridized carbons (Fsp3) is 0.333. The maximum atomic E-state index is 9.28. The number of nitrogens with zero attached hydrogens (tertiary/aromatic N) is 4. The van der Waals surface area contributed by atoms with Gasteiger partial charge in [0.15, 0.2) is 0 Å². The smallest absolute Gasteiger partial charge is 0.137 e. The molecule has 122 valence electrons. The predicted molar refractivity (Wildman–Crippen MR) is 97.4 cm³/mol. The van der Waals surface area contributed by atoms with E-state index in [-0.39, 0.29) is 5.54 Å². The lowest BCUT2D eigenvalue weighted by Gasteiger charge is -2.49. The maximum Gasteiger partial charge on any atom is 0.137 e. The van der Waals surface area contributed by atoms with Gasteiger partial charge in [-0.15, -0.1) is 0 Å². The Hall–Kier alpha value is -2.23. The highest BCUT2D eigenvalue weighted by Crippen LogP contribution is 2.38. The van der Waals surface area contributed by atoms with Gasteiger partial charge in [-0.25, -0.2) is 9.29 Å². The molecular formula is C18H19N5S. The molecule has 24 heavy (non-hydrogen) atoms. The molecule has 5 nitrogen and oxygen atoms in total. The zero-order valence-corrected chi connectivity index (χ0v) is 14.4. The van der Waals surface area contributed by atoms with E-state index in [4.69, 9.17) is 0 Å². The van der Waals surface area contributed by atoms with Gasteiger partial charge in [-0.1, -0.05) is 18.9 Å². The Morgan fingerprint density at radius 1 is 1.38 bits per heavy atom. The number of rotatable bonds is 5. The fourth-order valence-electron chi connectivity index (χ4n) is 3.46. The lowest BCUT2D eigenvalue weighted by Crippen LogP contribution is -2.59. The largest absolute Gasteiger partial charge is 0.346 e. The first-order valence-electron chi connectivity index (χ1n) is 8.11. The highest BCUT2D eigenvalue weighted by molar-refractivity contribution is 7.97. The first-order chi connectivity index (χ1) is 11.8. The molecule has 1 N–H and O–H groups in total. The standard InChI is InChI=1S/C18H19N5S/c1-2-24-23-12-18(13-23,6-7-19)22-10-5-14(11-22)15-3-8-20-17-16(15)4-9-21-17/h3-5,8-11H,2,6,12-13H2,1H3,(H,20,21). The van der Waals surface area contributed by atoms with Gasteiger partial charge >= 0.3 is 0 Å². The molecule has 3 aromatic heterocycles. The van der Waals surface area contributed by atoms with E-state index >= 15 is 0 Å². The van der Waals surface area contributed by atoms with Gasteiger partial charge in [-0.2, -0.15) is 5.26 Å². The molecular weight excluding hydrogens is 318 g/mol. The highest BCUT2D eigenvalue weighted by Gasteiger charge is 2.44. The van der Waals surface area contributed by atoms with E-state index in [1.165, 1.54) is 11.1 Å². The molecule has 4 rings (SSSR count). The van der Waals surface area contributed by atoms with Crippen LogP contribution in [0.2, 0.25) is 0 Å². The number of pyridine rings is 1.